The van der Waals surface area contributed by atoms with Crippen LogP contribution in [0.25, 0.3) is 0 Å². The van der Waals surface area contributed by atoms with Crippen molar-refractivity contribution in [3.8, 4) is 0 Å². The first-order valence-electron chi connectivity index (χ1n) is 8.71. The maximum Gasteiger partial charge on any atom is 0.252 e. The van der Waals surface area contributed by atoms with Crippen molar-refractivity contribution < 1.29 is 9.90 Å². The SMILES string of the molecule is O=C(N[C@@H](c1ccccn1)C1CC(O)C1)c1csc2c1CCCC2. The zero-order valence-corrected chi connectivity index (χ0v) is 14.4. The van der Waals surface area contributed by atoms with Crippen molar-refractivity contribution in [2.24, 2.45) is 5.92 Å². The zero-order chi connectivity index (χ0) is 16.5. The maximum atomic E-state index is 12.9. The third-order valence-corrected chi connectivity index (χ3v) is 6.31. The Kier molecular flexibility index (Phi) is 4.37. The fraction of sp³-hybridized carbons (Fsp3) is 0.474. The third-order valence-electron chi connectivity index (χ3n) is 5.22. The van der Waals surface area contributed by atoms with Gasteiger partial charge in [0.25, 0.3) is 5.91 Å². The molecule has 0 bridgehead atoms. The number of hydrogen-bond acceptors (Lipinski definition) is 4. The number of thiophene rings is 1. The molecule has 0 unspecified atom stereocenters. The number of aromatic nitrogens is 1. The van der Waals surface area contributed by atoms with Gasteiger partial charge in [0.05, 0.1) is 23.4 Å². The van der Waals surface area contributed by atoms with Gasteiger partial charge in [-0.2, -0.15) is 0 Å². The number of carbonyl (C=O) groups excluding carboxylic acids is 1. The lowest BCUT2D eigenvalue weighted by molar-refractivity contribution is 0.0228. The largest absolute Gasteiger partial charge is 0.393 e. The molecule has 0 aliphatic heterocycles. The van der Waals surface area contributed by atoms with Crippen LogP contribution < -0.4 is 5.32 Å². The minimum Gasteiger partial charge on any atom is -0.393 e. The number of aliphatic hydroxyl groups is 1. The molecule has 1 fully saturated rings. The Morgan fingerprint density at radius 1 is 1.29 bits per heavy atom. The summed E-state index contributed by atoms with van der Waals surface area (Å²) < 4.78 is 0. The van der Waals surface area contributed by atoms with Crippen molar-refractivity contribution in [3.63, 3.8) is 0 Å². The molecule has 4 nitrogen and oxygen atoms in total. The van der Waals surface area contributed by atoms with Crippen molar-refractivity contribution in [1.82, 2.24) is 10.3 Å². The molecule has 1 atom stereocenters. The molecule has 2 heterocycles. The van der Waals surface area contributed by atoms with Crippen LogP contribution in [0, 0.1) is 5.92 Å². The number of aliphatic hydroxyl groups excluding tert-OH is 1. The van der Waals surface area contributed by atoms with Crippen LogP contribution in [0.15, 0.2) is 29.8 Å². The average molecular weight is 342 g/mol. The Hall–Kier alpha value is -1.72. The minimum atomic E-state index is -0.243. The lowest BCUT2D eigenvalue weighted by atomic mass is 9.76. The molecule has 0 radical (unpaired) electrons. The van der Waals surface area contributed by atoms with Crippen LogP contribution in [0.5, 0.6) is 0 Å². The highest BCUT2D eigenvalue weighted by atomic mass is 32.1. The summed E-state index contributed by atoms with van der Waals surface area (Å²) in [7, 11) is 0. The molecule has 5 heteroatoms. The van der Waals surface area contributed by atoms with Gasteiger partial charge >= 0.3 is 0 Å². The predicted molar refractivity (Wildman–Crippen MR) is 94.1 cm³/mol. The number of fused-ring (bicyclic) bond motifs is 1. The minimum absolute atomic E-state index is 0.00597. The van der Waals surface area contributed by atoms with E-state index in [2.05, 4.69) is 10.3 Å². The van der Waals surface area contributed by atoms with Crippen molar-refractivity contribution >= 4 is 17.2 Å². The van der Waals surface area contributed by atoms with Crippen LogP contribution in [0.1, 0.15) is 58.2 Å². The number of hydrogen-bond donors (Lipinski definition) is 2. The molecule has 2 N–H and O–H groups in total. The predicted octanol–water partition coefficient (Wildman–Crippen LogP) is 3.26. The summed E-state index contributed by atoms with van der Waals surface area (Å²) in [5.41, 5.74) is 2.97. The second-order valence-electron chi connectivity index (χ2n) is 6.85. The standard InChI is InChI=1S/C19H22N2O2S/c22-13-9-12(10-13)18(16-6-3-4-8-20-16)21-19(23)15-11-24-17-7-2-1-5-14(15)17/h3-4,6,8,11-13,18,22H,1-2,5,7,9-10H2,(H,21,23)/t12?,13?,18-/m1/s1. The van der Waals surface area contributed by atoms with Crippen molar-refractivity contribution in [3.05, 3.63) is 51.5 Å². The zero-order valence-electron chi connectivity index (χ0n) is 13.6. The lowest BCUT2D eigenvalue weighted by Gasteiger charge is -2.37. The number of rotatable bonds is 4. The molecular weight excluding hydrogens is 320 g/mol. The Morgan fingerprint density at radius 3 is 2.88 bits per heavy atom. The fourth-order valence-electron chi connectivity index (χ4n) is 3.80. The van der Waals surface area contributed by atoms with Crippen LogP contribution in [0.3, 0.4) is 0 Å². The normalized spacial score (nSPS) is 23.9. The van der Waals surface area contributed by atoms with E-state index in [-0.39, 0.29) is 24.0 Å². The smallest absolute Gasteiger partial charge is 0.252 e. The van der Waals surface area contributed by atoms with Gasteiger partial charge in [0, 0.05) is 16.5 Å². The van der Waals surface area contributed by atoms with E-state index < -0.39 is 0 Å². The Bertz CT molecular complexity index is 722. The summed E-state index contributed by atoms with van der Waals surface area (Å²) in [6, 6.07) is 5.66. The van der Waals surface area contributed by atoms with Gasteiger partial charge in [-0.05, 0) is 62.1 Å². The molecule has 2 aliphatic rings. The van der Waals surface area contributed by atoms with Gasteiger partial charge in [-0.3, -0.25) is 9.78 Å². The summed E-state index contributed by atoms with van der Waals surface area (Å²) in [4.78, 5) is 18.7. The summed E-state index contributed by atoms with van der Waals surface area (Å²) >= 11 is 1.72. The number of amides is 1. The van der Waals surface area contributed by atoms with Crippen LogP contribution in [0.2, 0.25) is 0 Å². The summed E-state index contributed by atoms with van der Waals surface area (Å²) in [6.45, 7) is 0. The maximum absolute atomic E-state index is 12.9. The van der Waals surface area contributed by atoms with E-state index in [1.807, 2.05) is 23.6 Å². The van der Waals surface area contributed by atoms with Crippen molar-refractivity contribution in [2.75, 3.05) is 0 Å². The molecule has 24 heavy (non-hydrogen) atoms. The van der Waals surface area contributed by atoms with E-state index in [1.54, 1.807) is 17.5 Å². The van der Waals surface area contributed by atoms with Gasteiger partial charge in [0.15, 0.2) is 0 Å². The van der Waals surface area contributed by atoms with Crippen molar-refractivity contribution in [2.45, 2.75) is 50.7 Å². The molecule has 2 aliphatic carbocycles. The van der Waals surface area contributed by atoms with Crippen LogP contribution in [-0.4, -0.2) is 22.1 Å². The number of nitrogens with one attached hydrogen (secondary N) is 1. The quantitative estimate of drug-likeness (QED) is 0.896. The molecule has 126 valence electrons. The van der Waals surface area contributed by atoms with E-state index in [9.17, 15) is 9.90 Å². The molecule has 1 amide bonds. The van der Waals surface area contributed by atoms with Crippen LogP contribution in [-0.2, 0) is 12.8 Å². The molecule has 4 rings (SSSR count). The topological polar surface area (TPSA) is 62.2 Å². The first-order chi connectivity index (χ1) is 11.7. The highest BCUT2D eigenvalue weighted by Crippen LogP contribution is 2.38. The fourth-order valence-corrected chi connectivity index (χ4v) is 4.92. The second-order valence-corrected chi connectivity index (χ2v) is 7.81. The summed E-state index contributed by atoms with van der Waals surface area (Å²) in [5, 5.41) is 14.9. The molecule has 1 saturated carbocycles. The third kappa shape index (κ3) is 2.98. The van der Waals surface area contributed by atoms with Gasteiger partial charge in [0.2, 0.25) is 0 Å². The second kappa shape index (κ2) is 6.65. The first kappa shape index (κ1) is 15.8. The molecule has 2 aromatic heterocycles. The van der Waals surface area contributed by atoms with E-state index in [4.69, 9.17) is 0 Å². The Morgan fingerprint density at radius 2 is 2.12 bits per heavy atom. The summed E-state index contributed by atoms with van der Waals surface area (Å²) in [6.07, 6.45) is 7.48. The molecule has 0 saturated heterocycles. The monoisotopic (exact) mass is 342 g/mol. The molecule has 2 aromatic rings. The van der Waals surface area contributed by atoms with E-state index >= 15 is 0 Å². The van der Waals surface area contributed by atoms with Gasteiger partial charge in [-0.1, -0.05) is 6.07 Å². The van der Waals surface area contributed by atoms with E-state index in [0.29, 0.717) is 0 Å². The van der Waals surface area contributed by atoms with Crippen LogP contribution in [0.4, 0.5) is 0 Å². The Balaban J connectivity index is 1.56. The van der Waals surface area contributed by atoms with Gasteiger partial charge in [-0.15, -0.1) is 11.3 Å². The first-order valence-corrected chi connectivity index (χ1v) is 9.59. The van der Waals surface area contributed by atoms with Gasteiger partial charge in [-0.25, -0.2) is 0 Å². The lowest BCUT2D eigenvalue weighted by Crippen LogP contribution is -2.41. The van der Waals surface area contributed by atoms with Gasteiger partial charge in [0.1, 0.15) is 0 Å². The highest BCUT2D eigenvalue weighted by molar-refractivity contribution is 7.10. The molecular formula is C19H22N2O2S. The average Bonchev–Trinajstić information content (AvgIpc) is 3.02. The number of carbonyl (C=O) groups is 1. The van der Waals surface area contributed by atoms with E-state index in [1.165, 1.54) is 23.3 Å². The molecule has 0 spiro atoms. The highest BCUT2D eigenvalue weighted by Gasteiger charge is 2.36. The molecule has 0 aromatic carbocycles. The van der Waals surface area contributed by atoms with Gasteiger partial charge < -0.3 is 10.4 Å². The summed E-state index contributed by atoms with van der Waals surface area (Å²) in [5.74, 6) is 0.264. The van der Waals surface area contributed by atoms with Crippen molar-refractivity contribution in [1.29, 1.82) is 0 Å². The van der Waals surface area contributed by atoms with E-state index in [0.717, 1.165) is 36.9 Å². The Labute approximate surface area is 145 Å². The number of nitrogens with zero attached hydrogens (tertiary/aromatic N) is 1. The number of aryl methyl sites for hydroxylation is 1. The number of pyridine rings is 1. The van der Waals surface area contributed by atoms with Crippen LogP contribution >= 0.6 is 11.3 Å².